The lowest BCUT2D eigenvalue weighted by Gasteiger charge is -2.27. The molecule has 0 aliphatic heterocycles. The molecular weight excluding hydrogens is 312 g/mol. The first kappa shape index (κ1) is 14.1. The molecule has 0 heterocycles. The summed E-state index contributed by atoms with van der Waals surface area (Å²) in [5.74, 6) is 0.0491. The van der Waals surface area contributed by atoms with Crippen LogP contribution in [0.5, 0.6) is 5.75 Å². The lowest BCUT2D eigenvalue weighted by molar-refractivity contribution is -0.150. The van der Waals surface area contributed by atoms with Gasteiger partial charge >= 0.3 is 5.97 Å². The van der Waals surface area contributed by atoms with Gasteiger partial charge in [-0.1, -0.05) is 28.1 Å². The monoisotopic (exact) mass is 326 g/mol. The Labute approximate surface area is 120 Å². The van der Waals surface area contributed by atoms with E-state index in [0.29, 0.717) is 22.2 Å². The number of ketones is 1. The summed E-state index contributed by atoms with van der Waals surface area (Å²) >= 11 is 3.36. The van der Waals surface area contributed by atoms with Gasteiger partial charge in [0.25, 0.3) is 0 Å². The Morgan fingerprint density at radius 3 is 2.68 bits per heavy atom. The molecule has 0 fully saturated rings. The third-order valence-corrected chi connectivity index (χ3v) is 4.61. The average Bonchev–Trinajstić information content (AvgIpc) is 2.61. The molecule has 102 valence electrons. The first-order chi connectivity index (χ1) is 8.95. The normalized spacial score (nSPS) is 25.1. The molecule has 0 saturated heterocycles. The standard InChI is InChI=1S/C14H15BrO4/c1-8(16)19-13-9-5-4-6-10(18-3)11(9)12(17)14(13,2)7-15/h4-6,13H,7H2,1-3H3/t13-,14+/m0/s1. The van der Waals surface area contributed by atoms with Gasteiger partial charge in [0.15, 0.2) is 5.78 Å². The number of carbonyl (C=O) groups excluding carboxylic acids is 2. The quantitative estimate of drug-likeness (QED) is 0.633. The second-order valence-corrected chi connectivity index (χ2v) is 5.35. The zero-order valence-electron chi connectivity index (χ0n) is 11.0. The number of alkyl halides is 1. The van der Waals surface area contributed by atoms with E-state index < -0.39 is 17.5 Å². The van der Waals surface area contributed by atoms with E-state index in [4.69, 9.17) is 9.47 Å². The zero-order chi connectivity index (χ0) is 14.2. The van der Waals surface area contributed by atoms with Crippen LogP contribution in [0.25, 0.3) is 0 Å². The first-order valence-corrected chi connectivity index (χ1v) is 7.02. The molecule has 0 unspecified atom stereocenters. The number of hydrogen-bond acceptors (Lipinski definition) is 4. The van der Waals surface area contributed by atoms with Crippen molar-refractivity contribution in [3.05, 3.63) is 29.3 Å². The maximum atomic E-state index is 12.6. The maximum absolute atomic E-state index is 12.6. The number of fused-ring (bicyclic) bond motifs is 1. The van der Waals surface area contributed by atoms with Gasteiger partial charge in [0.05, 0.1) is 18.1 Å². The number of halogens is 1. The second-order valence-electron chi connectivity index (χ2n) is 4.79. The molecule has 1 aromatic carbocycles. The maximum Gasteiger partial charge on any atom is 0.303 e. The molecule has 1 aliphatic rings. The van der Waals surface area contributed by atoms with E-state index in [9.17, 15) is 9.59 Å². The van der Waals surface area contributed by atoms with Crippen LogP contribution in [-0.4, -0.2) is 24.2 Å². The molecule has 0 aromatic heterocycles. The first-order valence-electron chi connectivity index (χ1n) is 5.90. The number of hydrogen-bond donors (Lipinski definition) is 0. The van der Waals surface area contributed by atoms with Crippen LogP contribution >= 0.6 is 15.9 Å². The number of esters is 1. The van der Waals surface area contributed by atoms with Crippen LogP contribution in [0.15, 0.2) is 18.2 Å². The number of methoxy groups -OCH3 is 1. The van der Waals surface area contributed by atoms with Gasteiger partial charge in [-0.3, -0.25) is 9.59 Å². The molecular formula is C14H15BrO4. The van der Waals surface area contributed by atoms with Crippen LogP contribution in [0.3, 0.4) is 0 Å². The minimum Gasteiger partial charge on any atom is -0.496 e. The molecule has 0 amide bonds. The summed E-state index contributed by atoms with van der Waals surface area (Å²) in [6.45, 7) is 3.13. The van der Waals surface area contributed by atoms with Crippen molar-refractivity contribution in [1.82, 2.24) is 0 Å². The van der Waals surface area contributed by atoms with E-state index in [1.807, 2.05) is 0 Å². The highest BCUT2D eigenvalue weighted by Crippen LogP contribution is 2.51. The average molecular weight is 327 g/mol. The van der Waals surface area contributed by atoms with Crippen LogP contribution in [0, 0.1) is 5.41 Å². The van der Waals surface area contributed by atoms with Crippen LogP contribution < -0.4 is 4.74 Å². The highest BCUT2D eigenvalue weighted by molar-refractivity contribution is 9.09. The Balaban J connectivity index is 2.61. The number of rotatable bonds is 3. The fourth-order valence-electron chi connectivity index (χ4n) is 2.42. The van der Waals surface area contributed by atoms with Gasteiger partial charge in [0, 0.05) is 17.8 Å². The molecule has 5 heteroatoms. The van der Waals surface area contributed by atoms with Crippen LogP contribution in [0.1, 0.15) is 35.9 Å². The van der Waals surface area contributed by atoms with Crippen molar-refractivity contribution in [2.24, 2.45) is 5.41 Å². The van der Waals surface area contributed by atoms with Gasteiger partial charge < -0.3 is 9.47 Å². The Bertz CT molecular complexity index is 540. The Kier molecular flexibility index (Phi) is 3.67. The Hall–Kier alpha value is -1.36. The van der Waals surface area contributed by atoms with Gasteiger partial charge in [-0.25, -0.2) is 0 Å². The van der Waals surface area contributed by atoms with Crippen molar-refractivity contribution in [2.45, 2.75) is 20.0 Å². The van der Waals surface area contributed by atoms with Gasteiger partial charge in [-0.05, 0) is 13.0 Å². The van der Waals surface area contributed by atoms with Gasteiger partial charge in [0.1, 0.15) is 11.9 Å². The highest BCUT2D eigenvalue weighted by Gasteiger charge is 2.52. The predicted molar refractivity (Wildman–Crippen MR) is 73.7 cm³/mol. The summed E-state index contributed by atoms with van der Waals surface area (Å²) in [6, 6.07) is 5.33. The summed E-state index contributed by atoms with van der Waals surface area (Å²) < 4.78 is 10.6. The molecule has 0 radical (unpaired) electrons. The molecule has 0 bridgehead atoms. The number of Topliss-reactive ketones (excluding diaryl/α,β-unsaturated/α-hetero) is 1. The van der Waals surface area contributed by atoms with Crippen molar-refractivity contribution < 1.29 is 19.1 Å². The zero-order valence-corrected chi connectivity index (χ0v) is 12.6. The molecule has 19 heavy (non-hydrogen) atoms. The SMILES string of the molecule is COc1cccc2c1C(=O)[C@@](C)(CBr)[C@H]2OC(C)=O. The van der Waals surface area contributed by atoms with Crippen molar-refractivity contribution in [3.63, 3.8) is 0 Å². The predicted octanol–water partition coefficient (Wildman–Crippen LogP) is 2.90. The Morgan fingerprint density at radius 2 is 2.16 bits per heavy atom. The third kappa shape index (κ3) is 2.06. The molecule has 1 aromatic rings. The van der Waals surface area contributed by atoms with Gasteiger partial charge in [-0.15, -0.1) is 0 Å². The van der Waals surface area contributed by atoms with E-state index in [1.165, 1.54) is 14.0 Å². The van der Waals surface area contributed by atoms with Crippen LogP contribution in [0.2, 0.25) is 0 Å². The summed E-state index contributed by atoms with van der Waals surface area (Å²) in [5, 5.41) is 0.411. The number of carbonyl (C=O) groups is 2. The fourth-order valence-corrected chi connectivity index (χ4v) is 2.97. The third-order valence-electron chi connectivity index (χ3n) is 3.45. The van der Waals surface area contributed by atoms with Crippen molar-refractivity contribution in [2.75, 3.05) is 12.4 Å². The van der Waals surface area contributed by atoms with Crippen molar-refractivity contribution >= 4 is 27.7 Å². The Morgan fingerprint density at radius 1 is 1.47 bits per heavy atom. The van der Waals surface area contributed by atoms with Crippen LogP contribution in [-0.2, 0) is 9.53 Å². The van der Waals surface area contributed by atoms with Crippen molar-refractivity contribution in [3.8, 4) is 5.75 Å². The minimum atomic E-state index is -0.803. The molecule has 0 N–H and O–H groups in total. The molecule has 2 rings (SSSR count). The van der Waals surface area contributed by atoms with E-state index in [-0.39, 0.29) is 5.78 Å². The molecule has 2 atom stereocenters. The van der Waals surface area contributed by atoms with E-state index >= 15 is 0 Å². The summed E-state index contributed by atoms with van der Waals surface area (Å²) in [6.07, 6.45) is -0.582. The molecule has 0 spiro atoms. The van der Waals surface area contributed by atoms with E-state index in [1.54, 1.807) is 25.1 Å². The summed E-state index contributed by atoms with van der Waals surface area (Å²) in [5.41, 5.74) is 0.419. The van der Waals surface area contributed by atoms with Gasteiger partial charge in [-0.2, -0.15) is 0 Å². The topological polar surface area (TPSA) is 52.6 Å². The van der Waals surface area contributed by atoms with E-state index in [0.717, 1.165) is 0 Å². The van der Waals surface area contributed by atoms with Crippen LogP contribution in [0.4, 0.5) is 0 Å². The van der Waals surface area contributed by atoms with E-state index in [2.05, 4.69) is 15.9 Å². The molecule has 4 nitrogen and oxygen atoms in total. The van der Waals surface area contributed by atoms with Crippen molar-refractivity contribution in [1.29, 1.82) is 0 Å². The molecule has 0 saturated carbocycles. The van der Waals surface area contributed by atoms with Gasteiger partial charge in [0.2, 0.25) is 0 Å². The largest absolute Gasteiger partial charge is 0.496 e. The highest BCUT2D eigenvalue weighted by atomic mass is 79.9. The lowest BCUT2D eigenvalue weighted by Crippen LogP contribution is -2.32. The lowest BCUT2D eigenvalue weighted by atomic mass is 9.86. The fraction of sp³-hybridized carbons (Fsp3) is 0.429. The smallest absolute Gasteiger partial charge is 0.303 e. The second kappa shape index (κ2) is 4.96. The number of ether oxygens (including phenoxy) is 2. The molecule has 1 aliphatic carbocycles. The number of benzene rings is 1. The minimum absolute atomic E-state index is 0.0666. The summed E-state index contributed by atoms with van der Waals surface area (Å²) in [4.78, 5) is 23.9. The summed E-state index contributed by atoms with van der Waals surface area (Å²) in [7, 11) is 1.52.